The third-order valence-electron chi connectivity index (χ3n) is 4.91. The highest BCUT2D eigenvalue weighted by atomic mass is 35.5. The van der Waals surface area contributed by atoms with Gasteiger partial charge in [0.05, 0.1) is 43.0 Å². The van der Waals surface area contributed by atoms with Gasteiger partial charge in [0, 0.05) is 0 Å². The Morgan fingerprint density at radius 2 is 1.82 bits per heavy atom. The number of halogens is 2. The van der Waals surface area contributed by atoms with Crippen LogP contribution in [0.15, 0.2) is 70.6 Å². The smallest absolute Gasteiger partial charge is 0.281 e. The zero-order valence-electron chi connectivity index (χ0n) is 17.7. The predicted molar refractivity (Wildman–Crippen MR) is 137 cm³/mol. The second kappa shape index (κ2) is 9.65. The molecule has 0 saturated carbocycles. The lowest BCUT2D eigenvalue weighted by molar-refractivity contribution is 0.0998. The van der Waals surface area contributed by atoms with Crippen molar-refractivity contribution in [2.75, 3.05) is 4.72 Å². The van der Waals surface area contributed by atoms with Gasteiger partial charge in [-0.3, -0.25) is 9.52 Å². The zero-order chi connectivity index (χ0) is 24.5. The fourth-order valence-electron chi connectivity index (χ4n) is 3.25. The van der Waals surface area contributed by atoms with Crippen LogP contribution in [0.5, 0.6) is 0 Å². The van der Waals surface area contributed by atoms with Gasteiger partial charge in [0.2, 0.25) is 0 Å². The van der Waals surface area contributed by atoms with Gasteiger partial charge in [-0.2, -0.15) is 4.99 Å². The topological polar surface area (TPSA) is 80.5 Å². The molecule has 0 fully saturated rings. The highest BCUT2D eigenvalue weighted by molar-refractivity contribution is 7.92. The number of amides is 1. The van der Waals surface area contributed by atoms with Gasteiger partial charge in [-0.1, -0.05) is 70.3 Å². The number of hydrogen-bond donors (Lipinski definition) is 1. The number of carbonyl (C=O) groups is 1. The Labute approximate surface area is 210 Å². The molecule has 0 unspecified atom stereocenters. The maximum Gasteiger partial charge on any atom is 0.281 e. The van der Waals surface area contributed by atoms with Crippen molar-refractivity contribution in [2.24, 2.45) is 4.99 Å². The molecule has 1 aromatic heterocycles. The maximum absolute atomic E-state index is 13.2. The van der Waals surface area contributed by atoms with Gasteiger partial charge in [0.15, 0.2) is 4.80 Å². The van der Waals surface area contributed by atoms with Gasteiger partial charge in [0.1, 0.15) is 0 Å². The largest absolute Gasteiger partial charge is 0.303 e. The quantitative estimate of drug-likeness (QED) is 0.347. The highest BCUT2D eigenvalue weighted by Gasteiger charge is 2.19. The molecule has 0 bridgehead atoms. The van der Waals surface area contributed by atoms with E-state index in [-0.39, 0.29) is 22.7 Å². The number of hydrogen-bond acceptors (Lipinski definition) is 4. The highest BCUT2D eigenvalue weighted by Crippen LogP contribution is 2.32. The Kier molecular flexibility index (Phi) is 6.82. The first kappa shape index (κ1) is 24.0. The number of aromatic nitrogens is 1. The van der Waals surface area contributed by atoms with E-state index >= 15 is 0 Å². The van der Waals surface area contributed by atoms with Crippen molar-refractivity contribution < 1.29 is 13.2 Å². The number of thiazole rings is 1. The number of nitrogens with one attached hydrogen (secondary N) is 1. The molecule has 0 radical (unpaired) electrons. The van der Waals surface area contributed by atoms with Crippen LogP contribution in [0.2, 0.25) is 10.0 Å². The van der Waals surface area contributed by atoms with E-state index < -0.39 is 15.9 Å². The number of sulfonamides is 1. The molecule has 1 amide bonds. The van der Waals surface area contributed by atoms with E-state index in [2.05, 4.69) is 15.6 Å². The molecule has 0 aliphatic rings. The second-order valence-electron chi connectivity index (χ2n) is 7.26. The summed E-state index contributed by atoms with van der Waals surface area (Å²) in [6.45, 7) is 1.98. The molecule has 1 N–H and O–H groups in total. The summed E-state index contributed by atoms with van der Waals surface area (Å²) < 4.78 is 30.6. The van der Waals surface area contributed by atoms with Gasteiger partial charge in [-0.05, 0) is 43.3 Å². The number of carbonyl (C=O) groups excluding carboxylic acids is 1. The van der Waals surface area contributed by atoms with Crippen LogP contribution in [0, 0.1) is 19.3 Å². The number of terminal acetylenes is 1. The standard InChI is InChI=1S/C24H17Cl2N3O3S2/c1-3-14-29-22-20(13-12-18(25)21(22)26)33-24(29)27-23(30)17-6-4-5-7-19(17)28-34(31,32)16-10-8-15(2)9-11-16/h1,4-13,28H,14H2,2H3. The van der Waals surface area contributed by atoms with Gasteiger partial charge in [-0.15, -0.1) is 6.42 Å². The van der Waals surface area contributed by atoms with Crippen molar-refractivity contribution in [1.29, 1.82) is 0 Å². The molecular formula is C24H17Cl2N3O3S2. The van der Waals surface area contributed by atoms with Crippen LogP contribution in [0.25, 0.3) is 10.2 Å². The first-order valence-electron chi connectivity index (χ1n) is 9.89. The molecule has 172 valence electrons. The summed E-state index contributed by atoms with van der Waals surface area (Å²) in [5.41, 5.74) is 1.71. The first-order chi connectivity index (χ1) is 16.2. The van der Waals surface area contributed by atoms with Crippen molar-refractivity contribution in [3.8, 4) is 12.3 Å². The predicted octanol–water partition coefficient (Wildman–Crippen LogP) is 5.49. The number of anilines is 1. The number of fused-ring (bicyclic) bond motifs is 1. The summed E-state index contributed by atoms with van der Waals surface area (Å²) in [5, 5.41) is 0.664. The van der Waals surface area contributed by atoms with E-state index in [9.17, 15) is 13.2 Å². The van der Waals surface area contributed by atoms with E-state index in [1.54, 1.807) is 41.0 Å². The summed E-state index contributed by atoms with van der Waals surface area (Å²) in [5.74, 6) is 1.89. The Balaban J connectivity index is 1.78. The average Bonchev–Trinajstić information content (AvgIpc) is 3.14. The van der Waals surface area contributed by atoms with Crippen LogP contribution >= 0.6 is 34.5 Å². The van der Waals surface area contributed by atoms with Crippen LogP contribution in [-0.4, -0.2) is 18.9 Å². The minimum atomic E-state index is -3.91. The van der Waals surface area contributed by atoms with Gasteiger partial charge < -0.3 is 4.57 Å². The van der Waals surface area contributed by atoms with Crippen LogP contribution in [0.4, 0.5) is 5.69 Å². The minimum absolute atomic E-state index is 0.0835. The van der Waals surface area contributed by atoms with Crippen LogP contribution < -0.4 is 9.52 Å². The molecule has 0 aliphatic carbocycles. The fourth-order valence-corrected chi connectivity index (χ4v) is 5.84. The molecule has 34 heavy (non-hydrogen) atoms. The molecule has 10 heteroatoms. The molecular weight excluding hydrogens is 513 g/mol. The Bertz CT molecular complexity index is 1630. The number of para-hydroxylation sites is 1. The summed E-state index contributed by atoms with van der Waals surface area (Å²) in [6.07, 6.45) is 5.52. The van der Waals surface area contributed by atoms with Crippen molar-refractivity contribution in [1.82, 2.24) is 4.57 Å². The van der Waals surface area contributed by atoms with Crippen LogP contribution in [0.3, 0.4) is 0 Å². The zero-order valence-corrected chi connectivity index (χ0v) is 20.9. The fraction of sp³-hybridized carbons (Fsp3) is 0.0833. The van der Waals surface area contributed by atoms with Crippen LogP contribution in [-0.2, 0) is 16.6 Å². The SMILES string of the molecule is C#CCn1c(=NC(=O)c2ccccc2NS(=O)(=O)c2ccc(C)cc2)sc2ccc(Cl)c(Cl)c21. The van der Waals surface area contributed by atoms with E-state index in [0.717, 1.165) is 10.3 Å². The average molecular weight is 530 g/mol. The van der Waals surface area contributed by atoms with Gasteiger partial charge >= 0.3 is 0 Å². The molecule has 0 aliphatic heterocycles. The lowest BCUT2D eigenvalue weighted by atomic mass is 10.2. The number of rotatable bonds is 5. The van der Waals surface area contributed by atoms with Gasteiger partial charge in [0.25, 0.3) is 15.9 Å². The third kappa shape index (κ3) is 4.74. The number of benzene rings is 3. The Morgan fingerprint density at radius 1 is 1.12 bits per heavy atom. The van der Waals surface area contributed by atoms with E-state index in [0.29, 0.717) is 20.4 Å². The lowest BCUT2D eigenvalue weighted by Crippen LogP contribution is -2.18. The first-order valence-corrected chi connectivity index (χ1v) is 12.9. The molecule has 1 heterocycles. The minimum Gasteiger partial charge on any atom is -0.303 e. The summed E-state index contributed by atoms with van der Waals surface area (Å²) in [7, 11) is -3.91. The molecule has 6 nitrogen and oxygen atoms in total. The molecule has 0 atom stereocenters. The maximum atomic E-state index is 13.2. The molecule has 3 aromatic carbocycles. The van der Waals surface area contributed by atoms with Gasteiger partial charge in [-0.25, -0.2) is 8.42 Å². The van der Waals surface area contributed by atoms with Crippen molar-refractivity contribution in [2.45, 2.75) is 18.4 Å². The molecule has 0 saturated heterocycles. The van der Waals surface area contributed by atoms with E-state index in [1.165, 1.54) is 35.6 Å². The summed E-state index contributed by atoms with van der Waals surface area (Å²) >= 11 is 13.8. The van der Waals surface area contributed by atoms with Crippen molar-refractivity contribution in [3.63, 3.8) is 0 Å². The number of nitrogens with zero attached hydrogens (tertiary/aromatic N) is 2. The monoisotopic (exact) mass is 529 g/mol. The summed E-state index contributed by atoms with van der Waals surface area (Å²) in [4.78, 5) is 17.8. The van der Waals surface area contributed by atoms with Crippen molar-refractivity contribution in [3.05, 3.63) is 86.6 Å². The normalized spacial score (nSPS) is 12.0. The molecule has 4 rings (SSSR count). The van der Waals surface area contributed by atoms with Crippen LogP contribution in [0.1, 0.15) is 15.9 Å². The molecule has 4 aromatic rings. The second-order valence-corrected chi connectivity index (χ2v) is 10.7. The van der Waals surface area contributed by atoms with Crippen molar-refractivity contribution >= 4 is 66.4 Å². The Hall–Kier alpha value is -3.09. The van der Waals surface area contributed by atoms with E-state index in [1.807, 2.05) is 6.92 Å². The summed E-state index contributed by atoms with van der Waals surface area (Å²) in [6, 6.07) is 16.1. The molecule has 0 spiro atoms. The van der Waals surface area contributed by atoms with E-state index in [4.69, 9.17) is 29.6 Å². The number of aryl methyl sites for hydroxylation is 1. The lowest BCUT2D eigenvalue weighted by Gasteiger charge is -2.11. The Morgan fingerprint density at radius 3 is 2.53 bits per heavy atom. The third-order valence-corrected chi connectivity index (χ3v) is 8.13.